The Hall–Kier alpha value is -3.68. The molecule has 1 amide bonds. The minimum atomic E-state index is -0.432. The van der Waals surface area contributed by atoms with Crippen molar-refractivity contribution in [2.75, 3.05) is 35.0 Å². The minimum absolute atomic E-state index is 0.308. The highest BCUT2D eigenvalue weighted by molar-refractivity contribution is 5.96. The van der Waals surface area contributed by atoms with E-state index in [4.69, 9.17) is 23.7 Å². The molecule has 2 aromatic rings. The highest BCUT2D eigenvalue weighted by Gasteiger charge is 2.16. The van der Waals surface area contributed by atoms with Crippen molar-refractivity contribution in [3.05, 3.63) is 54.1 Å². The first-order valence-corrected chi connectivity index (χ1v) is 8.63. The molecule has 0 radical (unpaired) electrons. The molecule has 0 unspecified atom stereocenters. The summed E-state index contributed by atoms with van der Waals surface area (Å²) < 4.78 is 26.6. The van der Waals surface area contributed by atoms with Gasteiger partial charge in [0.15, 0.2) is 23.0 Å². The summed E-state index contributed by atoms with van der Waals surface area (Å²) in [6.45, 7) is 3.98. The maximum atomic E-state index is 12.4. The molecule has 0 heterocycles. The van der Waals surface area contributed by atoms with Crippen molar-refractivity contribution in [3.63, 3.8) is 0 Å². The van der Waals surface area contributed by atoms with E-state index in [1.807, 2.05) is 0 Å². The molecule has 0 bridgehead atoms. The van der Waals surface area contributed by atoms with Crippen LogP contribution in [-0.2, 0) is 0 Å². The Morgan fingerprint density at radius 3 is 2.17 bits per heavy atom. The van der Waals surface area contributed by atoms with Gasteiger partial charge in [0.25, 0.3) is 5.91 Å². The van der Waals surface area contributed by atoms with E-state index in [2.05, 4.69) is 17.1 Å². The smallest absolute Gasteiger partial charge is 0.271 e. The number of hydrogen-bond acceptors (Lipinski definition) is 7. The van der Waals surface area contributed by atoms with Crippen molar-refractivity contribution >= 4 is 12.1 Å². The fraction of sp³-hybridized carbons (Fsp3) is 0.238. The van der Waals surface area contributed by atoms with Gasteiger partial charge in [0.05, 0.1) is 34.7 Å². The van der Waals surface area contributed by atoms with Gasteiger partial charge in [-0.25, -0.2) is 5.43 Å². The molecule has 0 aromatic heterocycles. The lowest BCUT2D eigenvalue weighted by Gasteiger charge is -2.13. The highest BCUT2D eigenvalue weighted by atomic mass is 16.5. The molecule has 0 saturated heterocycles. The van der Waals surface area contributed by atoms with Crippen LogP contribution in [0.25, 0.3) is 0 Å². The van der Waals surface area contributed by atoms with Gasteiger partial charge in [0, 0.05) is 5.56 Å². The number of methoxy groups -OCH3 is 4. The molecule has 154 valence electrons. The van der Waals surface area contributed by atoms with Crippen molar-refractivity contribution in [2.24, 2.45) is 5.10 Å². The van der Waals surface area contributed by atoms with Gasteiger partial charge in [0.2, 0.25) is 5.75 Å². The van der Waals surface area contributed by atoms with Crippen LogP contribution in [-0.4, -0.2) is 47.2 Å². The molecule has 0 aliphatic carbocycles. The van der Waals surface area contributed by atoms with E-state index in [9.17, 15) is 4.79 Å². The summed E-state index contributed by atoms with van der Waals surface area (Å²) in [6, 6.07) is 8.37. The second kappa shape index (κ2) is 10.6. The lowest BCUT2D eigenvalue weighted by Crippen LogP contribution is -2.18. The lowest BCUT2D eigenvalue weighted by molar-refractivity contribution is 0.0954. The number of hydrazone groups is 1. The van der Waals surface area contributed by atoms with E-state index in [-0.39, 0.29) is 0 Å². The molecule has 8 nitrogen and oxygen atoms in total. The maximum absolute atomic E-state index is 12.4. The van der Waals surface area contributed by atoms with E-state index in [0.29, 0.717) is 40.9 Å². The number of carbonyl (C=O) groups excluding carboxylic acids is 1. The monoisotopic (exact) mass is 400 g/mol. The molecule has 29 heavy (non-hydrogen) atoms. The van der Waals surface area contributed by atoms with E-state index in [1.165, 1.54) is 27.5 Å². The molecule has 1 N–H and O–H groups in total. The van der Waals surface area contributed by atoms with Crippen LogP contribution in [0.4, 0.5) is 0 Å². The summed E-state index contributed by atoms with van der Waals surface area (Å²) in [7, 11) is 6.00. The molecular formula is C21H24N2O6. The van der Waals surface area contributed by atoms with E-state index in [0.717, 1.165) is 5.56 Å². The zero-order valence-corrected chi connectivity index (χ0v) is 16.9. The van der Waals surface area contributed by atoms with Crippen LogP contribution in [0.3, 0.4) is 0 Å². The quantitative estimate of drug-likeness (QED) is 0.375. The van der Waals surface area contributed by atoms with Gasteiger partial charge >= 0.3 is 0 Å². The predicted molar refractivity (Wildman–Crippen MR) is 110 cm³/mol. The van der Waals surface area contributed by atoms with Gasteiger partial charge in [-0.2, -0.15) is 5.10 Å². The van der Waals surface area contributed by atoms with Gasteiger partial charge in [-0.3, -0.25) is 4.79 Å². The van der Waals surface area contributed by atoms with Gasteiger partial charge < -0.3 is 23.7 Å². The van der Waals surface area contributed by atoms with E-state index >= 15 is 0 Å². The minimum Gasteiger partial charge on any atom is -0.493 e. The van der Waals surface area contributed by atoms with Crippen LogP contribution in [0.5, 0.6) is 28.7 Å². The zero-order valence-electron chi connectivity index (χ0n) is 16.9. The SMILES string of the molecule is C=CCOc1ccc(/C=N\NC(=O)c2cc(OC)c(OC)c(OC)c2)cc1OC. The van der Waals surface area contributed by atoms with Gasteiger partial charge in [-0.15, -0.1) is 0 Å². The topological polar surface area (TPSA) is 87.6 Å². The Labute approximate surface area is 169 Å². The van der Waals surface area contributed by atoms with Crippen LogP contribution in [0.1, 0.15) is 15.9 Å². The van der Waals surface area contributed by atoms with Crippen molar-refractivity contribution in [1.29, 1.82) is 0 Å². The summed E-state index contributed by atoms with van der Waals surface area (Å²) in [5.41, 5.74) is 3.50. The number of rotatable bonds is 10. The fourth-order valence-corrected chi connectivity index (χ4v) is 2.47. The van der Waals surface area contributed by atoms with Crippen molar-refractivity contribution in [2.45, 2.75) is 0 Å². The summed E-state index contributed by atoms with van der Waals surface area (Å²) in [5.74, 6) is 1.86. The Morgan fingerprint density at radius 1 is 0.966 bits per heavy atom. The van der Waals surface area contributed by atoms with Crippen LogP contribution in [0.15, 0.2) is 48.1 Å². The van der Waals surface area contributed by atoms with Crippen molar-refractivity contribution < 1.29 is 28.5 Å². The Balaban J connectivity index is 2.14. The molecule has 2 aromatic carbocycles. The standard InChI is InChI=1S/C21H24N2O6/c1-6-9-29-16-8-7-14(10-17(16)25-2)13-22-23-21(24)15-11-18(26-3)20(28-5)19(12-15)27-4/h6-8,10-13H,1,9H2,2-5H3,(H,23,24)/b22-13-. The lowest BCUT2D eigenvalue weighted by atomic mass is 10.1. The third kappa shape index (κ3) is 5.41. The molecule has 0 saturated carbocycles. The normalized spacial score (nSPS) is 10.3. The highest BCUT2D eigenvalue weighted by Crippen LogP contribution is 2.38. The number of carbonyl (C=O) groups is 1. The predicted octanol–water partition coefficient (Wildman–Crippen LogP) is 3.05. The second-order valence-electron chi connectivity index (χ2n) is 5.62. The maximum Gasteiger partial charge on any atom is 0.271 e. The summed E-state index contributed by atoms with van der Waals surface area (Å²) in [6.07, 6.45) is 3.14. The molecule has 0 atom stereocenters. The molecule has 0 aliphatic heterocycles. The van der Waals surface area contributed by atoms with Gasteiger partial charge in [0.1, 0.15) is 6.61 Å². The average molecular weight is 400 g/mol. The molecule has 0 spiro atoms. The third-order valence-electron chi connectivity index (χ3n) is 3.85. The Kier molecular flexibility index (Phi) is 7.90. The fourth-order valence-electron chi connectivity index (χ4n) is 2.47. The number of nitrogens with one attached hydrogen (secondary N) is 1. The van der Waals surface area contributed by atoms with E-state index < -0.39 is 5.91 Å². The first-order chi connectivity index (χ1) is 14.1. The zero-order chi connectivity index (χ0) is 21.2. The number of nitrogens with zero attached hydrogens (tertiary/aromatic N) is 1. The summed E-state index contributed by atoms with van der Waals surface area (Å²) in [4.78, 5) is 12.4. The first-order valence-electron chi connectivity index (χ1n) is 8.63. The van der Waals surface area contributed by atoms with Crippen molar-refractivity contribution in [1.82, 2.24) is 5.43 Å². The molecule has 2 rings (SSSR count). The Bertz CT molecular complexity index is 870. The van der Waals surface area contributed by atoms with Crippen LogP contribution < -0.4 is 29.1 Å². The largest absolute Gasteiger partial charge is 0.493 e. The van der Waals surface area contributed by atoms with Gasteiger partial charge in [-0.1, -0.05) is 12.7 Å². The average Bonchev–Trinajstić information content (AvgIpc) is 2.76. The number of ether oxygens (including phenoxy) is 5. The van der Waals surface area contributed by atoms with Crippen molar-refractivity contribution in [3.8, 4) is 28.7 Å². The number of benzene rings is 2. The Morgan fingerprint density at radius 2 is 1.62 bits per heavy atom. The van der Waals surface area contributed by atoms with Crippen LogP contribution >= 0.6 is 0 Å². The molecule has 0 fully saturated rings. The number of amides is 1. The first kappa shape index (κ1) is 21.6. The van der Waals surface area contributed by atoms with E-state index in [1.54, 1.807) is 43.5 Å². The third-order valence-corrected chi connectivity index (χ3v) is 3.85. The van der Waals surface area contributed by atoms with Crippen LogP contribution in [0, 0.1) is 0 Å². The summed E-state index contributed by atoms with van der Waals surface area (Å²) >= 11 is 0. The number of hydrogen-bond donors (Lipinski definition) is 1. The second-order valence-corrected chi connectivity index (χ2v) is 5.62. The van der Waals surface area contributed by atoms with Gasteiger partial charge in [-0.05, 0) is 35.9 Å². The molecule has 8 heteroatoms. The van der Waals surface area contributed by atoms with Crippen LogP contribution in [0.2, 0.25) is 0 Å². The summed E-state index contributed by atoms with van der Waals surface area (Å²) in [5, 5.41) is 3.99. The molecule has 0 aliphatic rings. The molecular weight excluding hydrogens is 376 g/mol.